The number of thioether (sulfide) groups is 1. The predicted octanol–water partition coefficient (Wildman–Crippen LogP) is 2.55. The van der Waals surface area contributed by atoms with Crippen molar-refractivity contribution < 1.29 is 9.90 Å². The lowest BCUT2D eigenvalue weighted by atomic mass is 9.53. The van der Waals surface area contributed by atoms with Gasteiger partial charge in [0, 0.05) is 5.54 Å². The van der Waals surface area contributed by atoms with Gasteiger partial charge in [-0.25, -0.2) is 0 Å². The molecule has 0 atom stereocenters. The third-order valence-corrected chi connectivity index (χ3v) is 7.23. The number of tetrazole rings is 1. The van der Waals surface area contributed by atoms with Gasteiger partial charge in [0.2, 0.25) is 11.1 Å². The summed E-state index contributed by atoms with van der Waals surface area (Å²) in [5.74, 6) is 3.00. The molecule has 2 N–H and O–H groups in total. The zero-order valence-electron chi connectivity index (χ0n) is 15.0. The quantitative estimate of drug-likeness (QED) is 0.769. The highest BCUT2D eigenvalue weighted by molar-refractivity contribution is 7.99. The number of carbonyl (C=O) groups excluding carboxylic acids is 1. The molecular formula is C19H23N5O2S. The molecule has 0 radical (unpaired) electrons. The summed E-state index contributed by atoms with van der Waals surface area (Å²) >= 11 is 1.34. The van der Waals surface area contributed by atoms with Crippen LogP contribution < -0.4 is 5.32 Å². The number of rotatable bonds is 5. The van der Waals surface area contributed by atoms with E-state index < -0.39 is 0 Å². The Kier molecular flexibility index (Phi) is 4.11. The fourth-order valence-electron chi connectivity index (χ4n) is 5.75. The maximum absolute atomic E-state index is 12.7. The van der Waals surface area contributed by atoms with E-state index in [9.17, 15) is 9.90 Å². The lowest BCUT2D eigenvalue weighted by Gasteiger charge is -2.56. The molecule has 7 nitrogen and oxygen atoms in total. The minimum atomic E-state index is 0.0370. The van der Waals surface area contributed by atoms with Crippen LogP contribution in [0.4, 0.5) is 0 Å². The van der Waals surface area contributed by atoms with Crippen molar-refractivity contribution in [3.63, 3.8) is 0 Å². The van der Waals surface area contributed by atoms with Crippen molar-refractivity contribution in [1.29, 1.82) is 0 Å². The molecule has 6 rings (SSSR count). The topological polar surface area (TPSA) is 92.9 Å². The van der Waals surface area contributed by atoms with E-state index in [2.05, 4.69) is 20.8 Å². The van der Waals surface area contributed by atoms with Gasteiger partial charge in [0.1, 0.15) is 5.75 Å². The fraction of sp³-hybridized carbons (Fsp3) is 0.579. The van der Waals surface area contributed by atoms with E-state index in [1.165, 1.54) is 31.0 Å². The second-order valence-electron chi connectivity index (χ2n) is 8.42. The van der Waals surface area contributed by atoms with Gasteiger partial charge in [0.25, 0.3) is 0 Å². The molecule has 4 fully saturated rings. The number of aromatic hydroxyl groups is 1. The molecule has 4 aliphatic carbocycles. The first-order valence-corrected chi connectivity index (χ1v) is 10.6. The molecule has 27 heavy (non-hydrogen) atoms. The highest BCUT2D eigenvalue weighted by atomic mass is 32.2. The van der Waals surface area contributed by atoms with Crippen molar-refractivity contribution in [3.8, 4) is 11.4 Å². The SMILES string of the molecule is O=C(CSc1nnnn1-c1ccc(O)cc1)NC12CC3CC(CC(C3)C1)C2. The van der Waals surface area contributed by atoms with Crippen LogP contribution >= 0.6 is 11.8 Å². The normalized spacial score (nSPS) is 31.2. The number of phenolic OH excluding ortho intramolecular Hbond substituents is 1. The number of nitrogens with zero attached hydrogens (tertiary/aromatic N) is 4. The van der Waals surface area contributed by atoms with E-state index in [1.54, 1.807) is 28.9 Å². The Labute approximate surface area is 161 Å². The van der Waals surface area contributed by atoms with Crippen LogP contribution in [0.5, 0.6) is 5.75 Å². The number of benzene rings is 1. The van der Waals surface area contributed by atoms with Gasteiger partial charge in [-0.15, -0.1) is 5.10 Å². The molecule has 1 aromatic carbocycles. The molecule has 4 bridgehead atoms. The van der Waals surface area contributed by atoms with E-state index in [0.29, 0.717) is 10.9 Å². The highest BCUT2D eigenvalue weighted by Crippen LogP contribution is 2.55. The van der Waals surface area contributed by atoms with Crippen LogP contribution in [-0.2, 0) is 4.79 Å². The highest BCUT2D eigenvalue weighted by Gasteiger charge is 2.51. The Morgan fingerprint density at radius 2 is 1.78 bits per heavy atom. The average Bonchev–Trinajstić information content (AvgIpc) is 3.07. The molecule has 1 amide bonds. The van der Waals surface area contributed by atoms with Crippen molar-refractivity contribution in [3.05, 3.63) is 24.3 Å². The van der Waals surface area contributed by atoms with Crippen LogP contribution in [0, 0.1) is 17.8 Å². The number of hydrogen-bond acceptors (Lipinski definition) is 6. The second-order valence-corrected chi connectivity index (χ2v) is 9.37. The Hall–Kier alpha value is -2.09. The first-order chi connectivity index (χ1) is 13.1. The van der Waals surface area contributed by atoms with Crippen LogP contribution in [0.25, 0.3) is 5.69 Å². The summed E-state index contributed by atoms with van der Waals surface area (Å²) in [6.45, 7) is 0. The van der Waals surface area contributed by atoms with Gasteiger partial charge in [-0.1, -0.05) is 11.8 Å². The molecule has 8 heteroatoms. The molecule has 0 aliphatic heterocycles. The lowest BCUT2D eigenvalue weighted by Crippen LogP contribution is -2.60. The van der Waals surface area contributed by atoms with Crippen LogP contribution in [0.3, 0.4) is 0 Å². The largest absolute Gasteiger partial charge is 0.508 e. The molecule has 4 aliphatic rings. The Morgan fingerprint density at radius 3 is 2.41 bits per heavy atom. The van der Waals surface area contributed by atoms with Crippen molar-refractivity contribution >= 4 is 17.7 Å². The summed E-state index contributed by atoms with van der Waals surface area (Å²) in [7, 11) is 0. The maximum atomic E-state index is 12.7. The van der Waals surface area contributed by atoms with Crippen LogP contribution in [0.2, 0.25) is 0 Å². The second kappa shape index (κ2) is 6.51. The first kappa shape index (κ1) is 17.0. The Morgan fingerprint density at radius 1 is 1.15 bits per heavy atom. The minimum Gasteiger partial charge on any atom is -0.508 e. The molecule has 142 valence electrons. The van der Waals surface area contributed by atoms with E-state index in [4.69, 9.17) is 0 Å². The summed E-state index contributed by atoms with van der Waals surface area (Å²) in [6.07, 6.45) is 7.56. The molecule has 2 aromatic rings. The molecule has 4 saturated carbocycles. The van der Waals surface area contributed by atoms with Crippen LogP contribution in [-0.4, -0.2) is 42.5 Å². The average molecular weight is 385 g/mol. The predicted molar refractivity (Wildman–Crippen MR) is 101 cm³/mol. The molecule has 0 spiro atoms. The maximum Gasteiger partial charge on any atom is 0.230 e. The zero-order valence-corrected chi connectivity index (χ0v) is 15.9. The Bertz CT molecular complexity index is 815. The van der Waals surface area contributed by atoms with Gasteiger partial charge < -0.3 is 10.4 Å². The summed E-state index contributed by atoms with van der Waals surface area (Å²) in [6, 6.07) is 6.66. The third-order valence-electron chi connectivity index (χ3n) is 6.31. The lowest BCUT2D eigenvalue weighted by molar-refractivity contribution is -0.124. The van der Waals surface area contributed by atoms with Crippen molar-refractivity contribution in [2.75, 3.05) is 5.75 Å². The monoisotopic (exact) mass is 385 g/mol. The van der Waals surface area contributed by atoms with Gasteiger partial charge in [-0.05, 0) is 91.0 Å². The zero-order chi connectivity index (χ0) is 18.4. The molecule has 1 heterocycles. The van der Waals surface area contributed by atoms with Crippen LogP contribution in [0.1, 0.15) is 38.5 Å². The van der Waals surface area contributed by atoms with Crippen molar-refractivity contribution in [1.82, 2.24) is 25.5 Å². The minimum absolute atomic E-state index is 0.0370. The fourth-order valence-corrected chi connectivity index (χ4v) is 6.44. The van der Waals surface area contributed by atoms with E-state index in [1.807, 2.05) is 0 Å². The van der Waals surface area contributed by atoms with Gasteiger partial charge in [-0.3, -0.25) is 4.79 Å². The van der Waals surface area contributed by atoms with E-state index in [0.717, 1.165) is 42.7 Å². The number of nitrogens with one attached hydrogen (secondary N) is 1. The van der Waals surface area contributed by atoms with Gasteiger partial charge in [0.05, 0.1) is 11.4 Å². The van der Waals surface area contributed by atoms with Crippen LogP contribution in [0.15, 0.2) is 29.4 Å². The van der Waals surface area contributed by atoms with E-state index in [-0.39, 0.29) is 17.2 Å². The Balaban J connectivity index is 1.23. The molecule has 1 aromatic heterocycles. The molecule has 0 unspecified atom stereocenters. The number of carbonyl (C=O) groups is 1. The van der Waals surface area contributed by atoms with Crippen molar-refractivity contribution in [2.24, 2.45) is 17.8 Å². The summed E-state index contributed by atoms with van der Waals surface area (Å²) in [5, 5.41) is 25.1. The third kappa shape index (κ3) is 3.31. The number of phenols is 1. The summed E-state index contributed by atoms with van der Waals surface area (Å²) < 4.78 is 1.59. The molecule has 0 saturated heterocycles. The number of hydrogen-bond donors (Lipinski definition) is 2. The summed E-state index contributed by atoms with van der Waals surface area (Å²) in [5.41, 5.74) is 0.789. The van der Waals surface area contributed by atoms with Gasteiger partial charge >= 0.3 is 0 Å². The molecular weight excluding hydrogens is 362 g/mol. The van der Waals surface area contributed by atoms with Gasteiger partial charge in [0.15, 0.2) is 0 Å². The van der Waals surface area contributed by atoms with E-state index >= 15 is 0 Å². The number of amides is 1. The standard InChI is InChI=1S/C19H23N5O2S/c25-16-3-1-15(2-4-16)24-18(21-22-23-24)27-11-17(26)20-19-8-12-5-13(9-19)7-14(6-12)10-19/h1-4,12-14,25H,5-11H2,(H,20,26). The summed E-state index contributed by atoms with van der Waals surface area (Å²) in [4.78, 5) is 12.7. The number of aromatic nitrogens is 4. The smallest absolute Gasteiger partial charge is 0.230 e. The van der Waals surface area contributed by atoms with Gasteiger partial charge in [-0.2, -0.15) is 4.68 Å². The van der Waals surface area contributed by atoms with Crippen molar-refractivity contribution in [2.45, 2.75) is 49.2 Å². The first-order valence-electron chi connectivity index (χ1n) is 9.60.